The number of alkyl halides is 1. The van der Waals surface area contributed by atoms with E-state index in [9.17, 15) is 4.39 Å². The number of halogens is 1. The highest BCUT2D eigenvalue weighted by molar-refractivity contribution is 5.25. The summed E-state index contributed by atoms with van der Waals surface area (Å²) >= 11 is 0. The van der Waals surface area contributed by atoms with Crippen molar-refractivity contribution in [1.82, 2.24) is 0 Å². The van der Waals surface area contributed by atoms with Crippen molar-refractivity contribution in [2.75, 3.05) is 0 Å². The Labute approximate surface area is 78.9 Å². The van der Waals surface area contributed by atoms with Crippen LogP contribution in [0.5, 0.6) is 0 Å². The van der Waals surface area contributed by atoms with Crippen LogP contribution in [0, 0.1) is 11.3 Å². The van der Waals surface area contributed by atoms with Crippen LogP contribution in [-0.2, 0) is 0 Å². The Morgan fingerprint density at radius 2 is 2.38 bits per heavy atom. The van der Waals surface area contributed by atoms with Crippen molar-refractivity contribution in [3.63, 3.8) is 0 Å². The van der Waals surface area contributed by atoms with E-state index in [1.165, 1.54) is 6.08 Å². The molecule has 13 heavy (non-hydrogen) atoms. The summed E-state index contributed by atoms with van der Waals surface area (Å²) in [5.41, 5.74) is 0.536. The molecule has 0 aromatic carbocycles. The van der Waals surface area contributed by atoms with Crippen LogP contribution in [0.3, 0.4) is 0 Å². The van der Waals surface area contributed by atoms with Crippen LogP contribution in [0.2, 0.25) is 0 Å². The van der Waals surface area contributed by atoms with E-state index in [4.69, 9.17) is 5.26 Å². The maximum absolute atomic E-state index is 13.3. The largest absolute Gasteiger partial charge is 0.242 e. The van der Waals surface area contributed by atoms with Crippen LogP contribution in [0.15, 0.2) is 36.5 Å². The minimum Gasteiger partial charge on any atom is -0.242 e. The third kappa shape index (κ3) is 4.97. The molecule has 0 aliphatic heterocycles. The Morgan fingerprint density at radius 3 is 2.85 bits per heavy atom. The summed E-state index contributed by atoms with van der Waals surface area (Å²) < 4.78 is 13.3. The van der Waals surface area contributed by atoms with E-state index in [0.717, 1.165) is 0 Å². The SMILES string of the molecule is C=C/C(=C\C=C/C)C(F)CCC#N. The predicted molar refractivity (Wildman–Crippen MR) is 52.8 cm³/mol. The lowest BCUT2D eigenvalue weighted by molar-refractivity contribution is 0.369. The maximum Gasteiger partial charge on any atom is 0.126 e. The van der Waals surface area contributed by atoms with Gasteiger partial charge in [0.15, 0.2) is 0 Å². The van der Waals surface area contributed by atoms with Gasteiger partial charge in [0.1, 0.15) is 6.17 Å². The molecule has 0 aliphatic carbocycles. The van der Waals surface area contributed by atoms with E-state index in [1.807, 2.05) is 19.1 Å². The van der Waals surface area contributed by atoms with Crippen LogP contribution in [0.25, 0.3) is 0 Å². The van der Waals surface area contributed by atoms with Gasteiger partial charge in [-0.3, -0.25) is 0 Å². The summed E-state index contributed by atoms with van der Waals surface area (Å²) in [7, 11) is 0. The molecule has 0 heterocycles. The maximum atomic E-state index is 13.3. The van der Waals surface area contributed by atoms with Gasteiger partial charge in [-0.15, -0.1) is 0 Å². The lowest BCUT2D eigenvalue weighted by Crippen LogP contribution is -2.01. The van der Waals surface area contributed by atoms with E-state index < -0.39 is 6.17 Å². The normalized spacial score (nSPS) is 14.1. The Hall–Kier alpha value is -1.36. The van der Waals surface area contributed by atoms with Gasteiger partial charge in [-0.1, -0.05) is 30.9 Å². The number of allylic oxidation sites excluding steroid dienone is 5. The molecule has 1 atom stereocenters. The average Bonchev–Trinajstić information content (AvgIpc) is 2.16. The van der Waals surface area contributed by atoms with Gasteiger partial charge in [0.2, 0.25) is 0 Å². The molecule has 0 saturated carbocycles. The van der Waals surface area contributed by atoms with E-state index in [0.29, 0.717) is 5.57 Å². The number of nitrogens with zero attached hydrogens (tertiary/aromatic N) is 1. The van der Waals surface area contributed by atoms with Gasteiger partial charge in [0, 0.05) is 6.42 Å². The van der Waals surface area contributed by atoms with E-state index >= 15 is 0 Å². The van der Waals surface area contributed by atoms with Gasteiger partial charge in [-0.25, -0.2) is 4.39 Å². The first-order valence-corrected chi connectivity index (χ1v) is 4.22. The van der Waals surface area contributed by atoms with Crippen LogP contribution < -0.4 is 0 Å². The number of hydrogen-bond donors (Lipinski definition) is 0. The van der Waals surface area contributed by atoms with Crippen molar-refractivity contribution in [2.45, 2.75) is 25.9 Å². The van der Waals surface area contributed by atoms with Crippen molar-refractivity contribution < 1.29 is 4.39 Å². The van der Waals surface area contributed by atoms with Gasteiger partial charge in [0.25, 0.3) is 0 Å². The third-order valence-electron chi connectivity index (χ3n) is 1.59. The summed E-state index contributed by atoms with van der Waals surface area (Å²) in [6.45, 7) is 5.38. The molecular formula is C11H14FN. The standard InChI is InChI=1S/C11H14FN/c1-3-5-7-10(4-2)11(12)8-6-9-13/h3-5,7,11H,2,6,8H2,1H3/b5-3-,10-7+. The zero-order valence-corrected chi connectivity index (χ0v) is 7.83. The first-order chi connectivity index (χ1) is 6.26. The molecule has 0 aromatic rings. The lowest BCUT2D eigenvalue weighted by Gasteiger charge is -2.05. The van der Waals surface area contributed by atoms with Gasteiger partial charge in [-0.2, -0.15) is 5.26 Å². The second kappa shape index (κ2) is 7.30. The zero-order chi connectivity index (χ0) is 10.1. The molecule has 0 aromatic heterocycles. The Bertz CT molecular complexity index is 245. The van der Waals surface area contributed by atoms with Gasteiger partial charge in [0.05, 0.1) is 6.07 Å². The molecule has 2 heteroatoms. The molecule has 0 aliphatic rings. The number of rotatable bonds is 5. The third-order valence-corrected chi connectivity index (χ3v) is 1.59. The molecule has 0 radical (unpaired) electrons. The molecular weight excluding hydrogens is 165 g/mol. The molecule has 0 spiro atoms. The minimum absolute atomic E-state index is 0.238. The van der Waals surface area contributed by atoms with Gasteiger partial charge in [-0.05, 0) is 18.9 Å². The molecule has 0 fully saturated rings. The lowest BCUT2D eigenvalue weighted by atomic mass is 10.1. The molecule has 1 nitrogen and oxygen atoms in total. The number of nitriles is 1. The smallest absolute Gasteiger partial charge is 0.126 e. The summed E-state index contributed by atoms with van der Waals surface area (Å²) in [5, 5.41) is 8.27. The van der Waals surface area contributed by atoms with Crippen LogP contribution in [-0.4, -0.2) is 6.17 Å². The summed E-state index contributed by atoms with van der Waals surface area (Å²) in [4.78, 5) is 0. The first kappa shape index (κ1) is 11.6. The Morgan fingerprint density at radius 1 is 1.69 bits per heavy atom. The highest BCUT2D eigenvalue weighted by Crippen LogP contribution is 2.13. The monoisotopic (exact) mass is 179 g/mol. The summed E-state index contributed by atoms with van der Waals surface area (Å²) in [6.07, 6.45) is 6.15. The quantitative estimate of drug-likeness (QED) is 0.594. The Balaban J connectivity index is 4.23. The molecule has 0 rings (SSSR count). The summed E-state index contributed by atoms with van der Waals surface area (Å²) in [5.74, 6) is 0. The fourth-order valence-electron chi connectivity index (χ4n) is 0.866. The first-order valence-electron chi connectivity index (χ1n) is 4.22. The second-order valence-corrected chi connectivity index (χ2v) is 2.56. The molecule has 1 unspecified atom stereocenters. The molecule has 70 valence electrons. The van der Waals surface area contributed by atoms with E-state index in [1.54, 1.807) is 12.2 Å². The fraction of sp³-hybridized carbons (Fsp3) is 0.364. The van der Waals surface area contributed by atoms with E-state index in [2.05, 4.69) is 6.58 Å². The van der Waals surface area contributed by atoms with Crippen LogP contribution >= 0.6 is 0 Å². The van der Waals surface area contributed by atoms with E-state index in [-0.39, 0.29) is 12.8 Å². The predicted octanol–water partition coefficient (Wildman–Crippen LogP) is 3.32. The van der Waals surface area contributed by atoms with Crippen molar-refractivity contribution in [1.29, 1.82) is 5.26 Å². The molecule has 0 N–H and O–H groups in total. The topological polar surface area (TPSA) is 23.8 Å². The average molecular weight is 179 g/mol. The van der Waals surface area contributed by atoms with Crippen LogP contribution in [0.1, 0.15) is 19.8 Å². The van der Waals surface area contributed by atoms with Crippen LogP contribution in [0.4, 0.5) is 4.39 Å². The van der Waals surface area contributed by atoms with Crippen molar-refractivity contribution in [3.8, 4) is 6.07 Å². The molecule has 0 amide bonds. The number of hydrogen-bond acceptors (Lipinski definition) is 1. The van der Waals surface area contributed by atoms with Crippen molar-refractivity contribution in [3.05, 3.63) is 36.5 Å². The summed E-state index contributed by atoms with van der Waals surface area (Å²) in [6, 6.07) is 1.91. The highest BCUT2D eigenvalue weighted by atomic mass is 19.1. The molecule has 0 saturated heterocycles. The van der Waals surface area contributed by atoms with Gasteiger partial charge >= 0.3 is 0 Å². The highest BCUT2D eigenvalue weighted by Gasteiger charge is 2.08. The van der Waals surface area contributed by atoms with Crippen molar-refractivity contribution >= 4 is 0 Å². The fourth-order valence-corrected chi connectivity index (χ4v) is 0.866. The molecule has 0 bridgehead atoms. The Kier molecular flexibility index (Phi) is 6.53. The zero-order valence-electron chi connectivity index (χ0n) is 7.83. The minimum atomic E-state index is -1.08. The van der Waals surface area contributed by atoms with Gasteiger partial charge < -0.3 is 0 Å². The second-order valence-electron chi connectivity index (χ2n) is 2.56. The van der Waals surface area contributed by atoms with Crippen molar-refractivity contribution in [2.24, 2.45) is 0 Å².